The van der Waals surface area contributed by atoms with Crippen molar-refractivity contribution in [2.24, 2.45) is 12.5 Å². The summed E-state index contributed by atoms with van der Waals surface area (Å²) in [4.78, 5) is 34.5. The molecule has 2 aliphatic heterocycles. The Morgan fingerprint density at radius 3 is 2.67 bits per heavy atom. The molecule has 9 nitrogen and oxygen atoms in total. The zero-order valence-corrected chi connectivity index (χ0v) is 18.4. The average Bonchev–Trinajstić information content (AvgIpc) is 3.48. The molecule has 0 spiro atoms. The van der Waals surface area contributed by atoms with Crippen molar-refractivity contribution in [1.29, 1.82) is 0 Å². The maximum Gasteiger partial charge on any atom is 0.330 e. The Labute approximate surface area is 178 Å². The number of aryl methyl sites for hydroxylation is 1. The first-order chi connectivity index (χ1) is 14.2. The number of hydrogen-bond acceptors (Lipinski definition) is 7. The van der Waals surface area contributed by atoms with Gasteiger partial charge in [0.1, 0.15) is 5.82 Å². The number of amides is 1. The van der Waals surface area contributed by atoms with Gasteiger partial charge < -0.3 is 9.80 Å². The summed E-state index contributed by atoms with van der Waals surface area (Å²) in [5.74, 6) is 0.821. The van der Waals surface area contributed by atoms with Crippen LogP contribution in [0.4, 0.5) is 5.82 Å². The number of pyridine rings is 1. The predicted molar refractivity (Wildman–Crippen MR) is 115 cm³/mol. The van der Waals surface area contributed by atoms with Crippen LogP contribution in [0.1, 0.15) is 37.7 Å². The lowest BCUT2D eigenvalue weighted by molar-refractivity contribution is 0.0719. The normalized spacial score (nSPS) is 21.2. The number of hydrogen-bond donors (Lipinski definition) is 0. The van der Waals surface area contributed by atoms with Crippen LogP contribution >= 0.6 is 11.5 Å². The molecule has 2 bridgehead atoms. The van der Waals surface area contributed by atoms with Crippen molar-refractivity contribution in [3.63, 3.8) is 0 Å². The maximum atomic E-state index is 12.8. The minimum absolute atomic E-state index is 0.00624. The van der Waals surface area contributed by atoms with E-state index >= 15 is 0 Å². The lowest BCUT2D eigenvalue weighted by atomic mass is 9.97. The molecule has 10 heteroatoms. The molecule has 5 rings (SSSR count). The molecular formula is C20H25N7O2S. The molecule has 3 aromatic rings. The van der Waals surface area contributed by atoms with Crippen molar-refractivity contribution in [2.45, 2.75) is 45.8 Å². The van der Waals surface area contributed by atoms with Crippen LogP contribution in [-0.4, -0.2) is 59.7 Å². The first-order valence-corrected chi connectivity index (χ1v) is 11.0. The molecule has 0 radical (unpaired) electrons. The molecule has 2 unspecified atom stereocenters. The molecule has 3 aromatic heterocycles. The van der Waals surface area contributed by atoms with Gasteiger partial charge >= 0.3 is 5.69 Å². The zero-order chi connectivity index (χ0) is 21.2. The fourth-order valence-electron chi connectivity index (χ4n) is 4.65. The van der Waals surface area contributed by atoms with Crippen molar-refractivity contribution in [3.05, 3.63) is 33.7 Å². The lowest BCUT2D eigenvalue weighted by Gasteiger charge is -2.34. The van der Waals surface area contributed by atoms with Crippen LogP contribution in [0.2, 0.25) is 0 Å². The Morgan fingerprint density at radius 2 is 2.03 bits per heavy atom. The van der Waals surface area contributed by atoms with Crippen molar-refractivity contribution in [1.82, 2.24) is 28.6 Å². The average molecular weight is 428 g/mol. The quantitative estimate of drug-likeness (QED) is 0.633. The summed E-state index contributed by atoms with van der Waals surface area (Å²) in [5, 5.41) is 5.62. The summed E-state index contributed by atoms with van der Waals surface area (Å²) >= 11 is 1.19. The maximum absolute atomic E-state index is 12.8. The van der Waals surface area contributed by atoms with E-state index in [1.54, 1.807) is 17.0 Å². The van der Waals surface area contributed by atoms with Gasteiger partial charge in [0.05, 0.1) is 17.6 Å². The number of imidazole rings is 1. The molecule has 30 heavy (non-hydrogen) atoms. The molecule has 1 amide bonds. The van der Waals surface area contributed by atoms with Crippen molar-refractivity contribution in [3.8, 4) is 0 Å². The third-order valence-corrected chi connectivity index (χ3v) is 6.48. The summed E-state index contributed by atoms with van der Waals surface area (Å²) < 4.78 is 7.24. The largest absolute Gasteiger partial charge is 0.350 e. The Morgan fingerprint density at radius 1 is 1.23 bits per heavy atom. The highest BCUT2D eigenvalue weighted by atomic mass is 32.1. The number of fused-ring (bicyclic) bond motifs is 3. The standard InChI is InChI=1S/C20H25N7O2S/c1-20(2,3)11-27-15-5-6-16(21-17(15)24(4)19(27)29)25-8-13-7-12(25)9-26(13)18(28)14-10-30-23-22-14/h5-6,10,12-13H,7-9,11H2,1-4H3. The summed E-state index contributed by atoms with van der Waals surface area (Å²) in [7, 11) is 1.78. The molecule has 2 atom stereocenters. The van der Waals surface area contributed by atoms with Gasteiger partial charge in [-0.2, -0.15) is 0 Å². The highest BCUT2D eigenvalue weighted by Crippen LogP contribution is 2.35. The minimum Gasteiger partial charge on any atom is -0.350 e. The first-order valence-electron chi connectivity index (χ1n) is 10.1. The number of nitrogens with zero attached hydrogens (tertiary/aromatic N) is 7. The van der Waals surface area contributed by atoms with E-state index in [4.69, 9.17) is 4.98 Å². The van der Waals surface area contributed by atoms with E-state index in [0.717, 1.165) is 24.3 Å². The van der Waals surface area contributed by atoms with Crippen LogP contribution < -0.4 is 10.6 Å². The Hall–Kier alpha value is -2.75. The second-order valence-corrected chi connectivity index (χ2v) is 10.1. The van der Waals surface area contributed by atoms with Gasteiger partial charge in [0, 0.05) is 32.1 Å². The summed E-state index contributed by atoms with van der Waals surface area (Å²) in [6.07, 6.45) is 0.924. The lowest BCUT2D eigenvalue weighted by Crippen LogP contribution is -2.49. The third kappa shape index (κ3) is 3.01. The van der Waals surface area contributed by atoms with Crippen molar-refractivity contribution in [2.75, 3.05) is 18.0 Å². The molecule has 2 aliphatic rings. The van der Waals surface area contributed by atoms with Crippen molar-refractivity contribution < 1.29 is 4.79 Å². The highest BCUT2D eigenvalue weighted by Gasteiger charge is 2.46. The Bertz CT molecular complexity index is 1170. The second kappa shape index (κ2) is 6.63. The molecule has 0 N–H and O–H groups in total. The molecule has 158 valence electrons. The van der Waals surface area contributed by atoms with Gasteiger partial charge in [-0.05, 0) is 35.5 Å². The summed E-state index contributed by atoms with van der Waals surface area (Å²) in [6, 6.07) is 4.37. The van der Waals surface area contributed by atoms with E-state index in [1.165, 1.54) is 11.5 Å². The van der Waals surface area contributed by atoms with E-state index in [-0.39, 0.29) is 29.1 Å². The molecular weight excluding hydrogens is 402 g/mol. The monoisotopic (exact) mass is 427 g/mol. The SMILES string of the molecule is Cn1c(=O)n(CC(C)(C)C)c2ccc(N3CC4CC3CN4C(=O)c3csnn3)nc21. The predicted octanol–water partition coefficient (Wildman–Crippen LogP) is 1.74. The van der Waals surface area contributed by atoms with E-state index in [1.807, 2.05) is 21.6 Å². The smallest absolute Gasteiger partial charge is 0.330 e. The zero-order valence-electron chi connectivity index (χ0n) is 17.6. The number of carbonyl (C=O) groups excluding carboxylic acids is 1. The van der Waals surface area contributed by atoms with Crippen LogP contribution in [0.15, 0.2) is 22.3 Å². The van der Waals surface area contributed by atoms with Crippen LogP contribution in [0.5, 0.6) is 0 Å². The molecule has 0 saturated carbocycles. The molecule has 2 fully saturated rings. The number of anilines is 1. The number of carbonyl (C=O) groups is 1. The number of rotatable bonds is 3. The van der Waals surface area contributed by atoms with Crippen LogP contribution in [0.3, 0.4) is 0 Å². The summed E-state index contributed by atoms with van der Waals surface area (Å²) in [5.41, 5.74) is 1.94. The molecule has 0 aromatic carbocycles. The Kier molecular flexibility index (Phi) is 4.25. The topological polar surface area (TPSA) is 89.2 Å². The number of aromatic nitrogens is 5. The van der Waals surface area contributed by atoms with Gasteiger partial charge in [-0.1, -0.05) is 25.3 Å². The fraction of sp³-hybridized carbons (Fsp3) is 0.550. The fourth-order valence-corrected chi connectivity index (χ4v) is 5.08. The third-order valence-electron chi connectivity index (χ3n) is 5.97. The first kappa shape index (κ1) is 19.2. The van der Waals surface area contributed by atoms with Crippen LogP contribution in [-0.2, 0) is 13.6 Å². The molecule has 2 saturated heterocycles. The van der Waals surface area contributed by atoms with Gasteiger partial charge in [-0.3, -0.25) is 13.9 Å². The summed E-state index contributed by atoms with van der Waals surface area (Å²) in [6.45, 7) is 8.40. The molecule has 5 heterocycles. The highest BCUT2D eigenvalue weighted by molar-refractivity contribution is 7.03. The van der Waals surface area contributed by atoms with E-state index in [0.29, 0.717) is 24.4 Å². The van der Waals surface area contributed by atoms with Gasteiger partial charge in [0.2, 0.25) is 0 Å². The van der Waals surface area contributed by atoms with E-state index in [2.05, 4.69) is 35.3 Å². The van der Waals surface area contributed by atoms with Gasteiger partial charge in [-0.25, -0.2) is 9.78 Å². The van der Waals surface area contributed by atoms with Gasteiger partial charge in [0.15, 0.2) is 11.3 Å². The van der Waals surface area contributed by atoms with E-state index < -0.39 is 0 Å². The van der Waals surface area contributed by atoms with Crippen LogP contribution in [0.25, 0.3) is 11.2 Å². The Balaban J connectivity index is 1.41. The second-order valence-electron chi connectivity index (χ2n) is 9.44. The van der Waals surface area contributed by atoms with E-state index in [9.17, 15) is 9.59 Å². The van der Waals surface area contributed by atoms with Gasteiger partial charge in [0.25, 0.3) is 5.91 Å². The van der Waals surface area contributed by atoms with Gasteiger partial charge in [-0.15, -0.1) is 5.10 Å². The van der Waals surface area contributed by atoms with Crippen molar-refractivity contribution >= 4 is 34.4 Å². The number of likely N-dealkylation sites (tertiary alicyclic amines) is 1. The minimum atomic E-state index is -0.0408. The number of piperazine rings is 1. The molecule has 0 aliphatic carbocycles. The van der Waals surface area contributed by atoms with Crippen LogP contribution in [0, 0.1) is 5.41 Å².